The van der Waals surface area contributed by atoms with Gasteiger partial charge in [-0.1, -0.05) is 52.2 Å². The van der Waals surface area contributed by atoms with E-state index in [1.54, 1.807) is 24.8 Å². The van der Waals surface area contributed by atoms with Gasteiger partial charge in [0.1, 0.15) is 0 Å². The average Bonchev–Trinajstić information content (AvgIpc) is 2.83. The van der Waals surface area contributed by atoms with Gasteiger partial charge in [0.15, 0.2) is 0 Å². The molecular formula is C22H36. The van der Waals surface area contributed by atoms with Gasteiger partial charge in [-0.15, -0.1) is 0 Å². The predicted molar refractivity (Wildman–Crippen MR) is 94.5 cm³/mol. The van der Waals surface area contributed by atoms with Crippen molar-refractivity contribution in [3.05, 3.63) is 12.2 Å². The van der Waals surface area contributed by atoms with Crippen LogP contribution in [-0.4, -0.2) is 0 Å². The highest BCUT2D eigenvalue weighted by molar-refractivity contribution is 5.18. The quantitative estimate of drug-likeness (QED) is 0.497. The van der Waals surface area contributed by atoms with Crippen LogP contribution in [0.25, 0.3) is 0 Å². The van der Waals surface area contributed by atoms with Crippen molar-refractivity contribution in [2.24, 2.45) is 53.3 Å². The molecule has 0 N–H and O–H groups in total. The van der Waals surface area contributed by atoms with Crippen molar-refractivity contribution >= 4 is 0 Å². The Kier molecular flexibility index (Phi) is 3.94. The fourth-order valence-electron chi connectivity index (χ4n) is 7.95. The predicted octanol–water partition coefficient (Wildman–Crippen LogP) is 6.32. The molecule has 0 spiro atoms. The lowest BCUT2D eigenvalue weighted by atomic mass is 9.50. The minimum Gasteiger partial charge on any atom is -0.0993 e. The van der Waals surface area contributed by atoms with Gasteiger partial charge in [0, 0.05) is 0 Å². The molecule has 7 unspecified atom stereocenters. The summed E-state index contributed by atoms with van der Waals surface area (Å²) in [5.41, 5.74) is 1.65. The zero-order chi connectivity index (χ0) is 15.4. The second-order valence-corrected chi connectivity index (χ2v) is 9.44. The van der Waals surface area contributed by atoms with Crippen LogP contribution >= 0.6 is 0 Å². The topological polar surface area (TPSA) is 0 Å². The standard InChI is InChI=1S/C22H36/c1-5-16-10-18-12-19-11-17-8-6-7-9-20(17)14(3)22(19)15(4)21(18)13(16)2/h14-22H,2,5-12H2,1,3-4H3/t14?,15?,16?,17-,18?,19?,20+,21?,22?/m1/s1. The summed E-state index contributed by atoms with van der Waals surface area (Å²) in [5, 5.41) is 0. The number of rotatable bonds is 1. The Morgan fingerprint density at radius 3 is 2.41 bits per heavy atom. The van der Waals surface area contributed by atoms with E-state index in [0.717, 1.165) is 53.3 Å². The van der Waals surface area contributed by atoms with Crippen molar-refractivity contribution in [2.75, 3.05) is 0 Å². The third-order valence-electron chi connectivity index (χ3n) is 8.72. The maximum absolute atomic E-state index is 4.59. The van der Waals surface area contributed by atoms with Crippen LogP contribution < -0.4 is 0 Å². The Morgan fingerprint density at radius 2 is 1.64 bits per heavy atom. The Labute approximate surface area is 138 Å². The highest BCUT2D eigenvalue weighted by Gasteiger charge is 2.53. The van der Waals surface area contributed by atoms with E-state index in [1.807, 2.05) is 0 Å². The summed E-state index contributed by atoms with van der Waals surface area (Å²) >= 11 is 0. The monoisotopic (exact) mass is 300 g/mol. The molecule has 0 amide bonds. The van der Waals surface area contributed by atoms with Crippen LogP contribution in [0.5, 0.6) is 0 Å². The molecule has 4 fully saturated rings. The van der Waals surface area contributed by atoms with Gasteiger partial charge in [0.25, 0.3) is 0 Å². The molecule has 124 valence electrons. The first-order valence-corrected chi connectivity index (χ1v) is 10.3. The Bertz CT molecular complexity index is 435. The summed E-state index contributed by atoms with van der Waals surface area (Å²) in [6.45, 7) is 12.2. The maximum Gasteiger partial charge on any atom is -0.0146 e. The van der Waals surface area contributed by atoms with Gasteiger partial charge < -0.3 is 0 Å². The second-order valence-electron chi connectivity index (χ2n) is 9.44. The van der Waals surface area contributed by atoms with Crippen molar-refractivity contribution in [1.82, 2.24) is 0 Å². The lowest BCUT2D eigenvalue weighted by Crippen LogP contribution is -2.48. The lowest BCUT2D eigenvalue weighted by molar-refractivity contribution is -0.0569. The van der Waals surface area contributed by atoms with Gasteiger partial charge in [-0.3, -0.25) is 0 Å². The van der Waals surface area contributed by atoms with Gasteiger partial charge in [0.05, 0.1) is 0 Å². The first-order chi connectivity index (χ1) is 10.6. The summed E-state index contributed by atoms with van der Waals surface area (Å²) in [7, 11) is 0. The Morgan fingerprint density at radius 1 is 0.909 bits per heavy atom. The van der Waals surface area contributed by atoms with Gasteiger partial charge in [-0.05, 0) is 85.4 Å². The van der Waals surface area contributed by atoms with Crippen molar-refractivity contribution in [2.45, 2.75) is 72.1 Å². The average molecular weight is 301 g/mol. The molecule has 4 rings (SSSR count). The molecule has 0 aromatic carbocycles. The molecule has 0 nitrogen and oxygen atoms in total. The van der Waals surface area contributed by atoms with Crippen molar-refractivity contribution in [3.8, 4) is 0 Å². The lowest BCUT2D eigenvalue weighted by Gasteiger charge is -2.55. The minimum atomic E-state index is 0.843. The SMILES string of the molecule is C=C1C(CC)CC2CC3C[C@H]4CCCC[C@H]4C(C)C3C(C)C12. The molecule has 9 atom stereocenters. The molecule has 4 saturated carbocycles. The highest BCUT2D eigenvalue weighted by atomic mass is 14.6. The van der Waals surface area contributed by atoms with Crippen LogP contribution in [0.3, 0.4) is 0 Å². The third-order valence-corrected chi connectivity index (χ3v) is 8.72. The summed E-state index contributed by atoms with van der Waals surface area (Å²) in [4.78, 5) is 0. The molecule has 4 aliphatic carbocycles. The summed E-state index contributed by atoms with van der Waals surface area (Å²) in [6, 6.07) is 0. The first-order valence-electron chi connectivity index (χ1n) is 10.3. The van der Waals surface area contributed by atoms with Gasteiger partial charge in [0.2, 0.25) is 0 Å². The zero-order valence-electron chi connectivity index (χ0n) is 15.1. The van der Waals surface area contributed by atoms with E-state index in [2.05, 4.69) is 27.4 Å². The van der Waals surface area contributed by atoms with Crippen LogP contribution in [0.2, 0.25) is 0 Å². The van der Waals surface area contributed by atoms with E-state index in [9.17, 15) is 0 Å². The maximum atomic E-state index is 4.59. The molecule has 0 heterocycles. The number of allylic oxidation sites excluding steroid dienone is 1. The van der Waals surface area contributed by atoms with Crippen molar-refractivity contribution in [1.29, 1.82) is 0 Å². The normalized spacial score (nSPS) is 54.5. The van der Waals surface area contributed by atoms with Crippen LogP contribution in [0.4, 0.5) is 0 Å². The molecule has 0 heteroatoms. The fourth-order valence-corrected chi connectivity index (χ4v) is 7.95. The Hall–Kier alpha value is -0.260. The van der Waals surface area contributed by atoms with E-state index < -0.39 is 0 Å². The number of hydrogen-bond acceptors (Lipinski definition) is 0. The Balaban J connectivity index is 1.60. The third kappa shape index (κ3) is 2.15. The molecule has 0 aliphatic heterocycles. The van der Waals surface area contributed by atoms with E-state index in [0.29, 0.717) is 0 Å². The van der Waals surface area contributed by atoms with Crippen LogP contribution in [-0.2, 0) is 0 Å². The zero-order valence-corrected chi connectivity index (χ0v) is 15.1. The molecular weight excluding hydrogens is 264 g/mol. The van der Waals surface area contributed by atoms with Crippen molar-refractivity contribution < 1.29 is 0 Å². The van der Waals surface area contributed by atoms with E-state index in [1.165, 1.54) is 32.1 Å². The summed E-state index contributed by atoms with van der Waals surface area (Å²) < 4.78 is 0. The first kappa shape index (κ1) is 15.3. The van der Waals surface area contributed by atoms with Gasteiger partial charge in [-0.25, -0.2) is 0 Å². The summed E-state index contributed by atoms with van der Waals surface area (Å²) in [6.07, 6.45) is 12.0. The molecule has 0 aromatic rings. The van der Waals surface area contributed by atoms with Gasteiger partial charge >= 0.3 is 0 Å². The fraction of sp³-hybridized carbons (Fsp3) is 0.909. The number of hydrogen-bond donors (Lipinski definition) is 0. The molecule has 0 aromatic heterocycles. The molecule has 0 radical (unpaired) electrons. The smallest absolute Gasteiger partial charge is 0.0146 e. The molecule has 0 bridgehead atoms. The molecule has 0 saturated heterocycles. The largest absolute Gasteiger partial charge is 0.0993 e. The second kappa shape index (κ2) is 5.67. The number of fused-ring (bicyclic) bond motifs is 3. The van der Waals surface area contributed by atoms with E-state index in [4.69, 9.17) is 0 Å². The summed E-state index contributed by atoms with van der Waals surface area (Å²) in [5.74, 6) is 8.79. The molecule has 4 aliphatic rings. The van der Waals surface area contributed by atoms with Crippen molar-refractivity contribution in [3.63, 3.8) is 0 Å². The van der Waals surface area contributed by atoms with Gasteiger partial charge in [-0.2, -0.15) is 0 Å². The molecule has 22 heavy (non-hydrogen) atoms. The van der Waals surface area contributed by atoms with E-state index in [-0.39, 0.29) is 0 Å². The minimum absolute atomic E-state index is 0.843. The van der Waals surface area contributed by atoms with E-state index >= 15 is 0 Å². The van der Waals surface area contributed by atoms with Crippen LogP contribution in [0, 0.1) is 53.3 Å². The highest BCUT2D eigenvalue weighted by Crippen LogP contribution is 2.61. The van der Waals surface area contributed by atoms with Crippen LogP contribution in [0.1, 0.15) is 72.1 Å². The van der Waals surface area contributed by atoms with Crippen LogP contribution in [0.15, 0.2) is 12.2 Å².